The summed E-state index contributed by atoms with van der Waals surface area (Å²) in [5.41, 5.74) is 2.15. The van der Waals surface area contributed by atoms with Gasteiger partial charge in [0.2, 0.25) is 5.91 Å². The first kappa shape index (κ1) is 17.5. The standard InChI is InChI=1S/C19H23N3O2/c1-3-12-20-18(23)14-21-16-9-7-8-15(13-16)19(24)22(2)17-10-5-4-6-11-17/h4-11,13,21H,3,12,14H2,1-2H3,(H,20,23). The molecule has 0 saturated carbocycles. The van der Waals surface area contributed by atoms with Gasteiger partial charge < -0.3 is 15.5 Å². The average Bonchev–Trinajstić information content (AvgIpc) is 2.64. The van der Waals surface area contributed by atoms with E-state index in [0.717, 1.165) is 17.8 Å². The van der Waals surface area contributed by atoms with E-state index in [2.05, 4.69) is 10.6 Å². The van der Waals surface area contributed by atoms with E-state index in [9.17, 15) is 9.59 Å². The Kier molecular flexibility index (Phi) is 6.37. The molecular weight excluding hydrogens is 302 g/mol. The molecule has 0 aliphatic heterocycles. The highest BCUT2D eigenvalue weighted by molar-refractivity contribution is 6.06. The van der Waals surface area contributed by atoms with E-state index in [1.165, 1.54) is 0 Å². The van der Waals surface area contributed by atoms with Crippen molar-refractivity contribution in [3.05, 3.63) is 60.2 Å². The highest BCUT2D eigenvalue weighted by Gasteiger charge is 2.13. The Balaban J connectivity index is 2.01. The van der Waals surface area contributed by atoms with Crippen molar-refractivity contribution in [3.63, 3.8) is 0 Å². The average molecular weight is 325 g/mol. The molecule has 0 unspecified atom stereocenters. The molecule has 126 valence electrons. The summed E-state index contributed by atoms with van der Waals surface area (Å²) in [7, 11) is 1.75. The molecule has 2 amide bonds. The Labute approximate surface area is 142 Å². The maximum atomic E-state index is 12.6. The second-order valence-electron chi connectivity index (χ2n) is 5.48. The maximum absolute atomic E-state index is 12.6. The van der Waals surface area contributed by atoms with E-state index < -0.39 is 0 Å². The zero-order chi connectivity index (χ0) is 17.4. The van der Waals surface area contributed by atoms with Crippen molar-refractivity contribution >= 4 is 23.2 Å². The number of nitrogens with one attached hydrogen (secondary N) is 2. The molecule has 0 fully saturated rings. The fourth-order valence-electron chi connectivity index (χ4n) is 2.23. The molecule has 0 radical (unpaired) electrons. The van der Waals surface area contributed by atoms with Crippen molar-refractivity contribution in [1.82, 2.24) is 5.32 Å². The van der Waals surface area contributed by atoms with Crippen molar-refractivity contribution in [2.75, 3.05) is 30.4 Å². The highest BCUT2D eigenvalue weighted by atomic mass is 16.2. The van der Waals surface area contributed by atoms with Gasteiger partial charge in [0, 0.05) is 30.5 Å². The van der Waals surface area contributed by atoms with Crippen LogP contribution in [0.1, 0.15) is 23.7 Å². The van der Waals surface area contributed by atoms with E-state index >= 15 is 0 Å². The Morgan fingerprint density at radius 2 is 1.79 bits per heavy atom. The summed E-state index contributed by atoms with van der Waals surface area (Å²) in [5.74, 6) is -0.157. The fraction of sp³-hybridized carbons (Fsp3) is 0.263. The Morgan fingerprint density at radius 3 is 2.50 bits per heavy atom. The minimum Gasteiger partial charge on any atom is -0.376 e. The highest BCUT2D eigenvalue weighted by Crippen LogP contribution is 2.17. The number of hydrogen-bond donors (Lipinski definition) is 2. The first-order chi connectivity index (χ1) is 11.6. The number of para-hydroxylation sites is 1. The number of anilines is 2. The summed E-state index contributed by atoms with van der Waals surface area (Å²) in [6, 6.07) is 16.6. The third-order valence-corrected chi connectivity index (χ3v) is 3.58. The zero-order valence-corrected chi connectivity index (χ0v) is 14.1. The lowest BCUT2D eigenvalue weighted by Gasteiger charge is -2.18. The van der Waals surface area contributed by atoms with Crippen molar-refractivity contribution in [2.45, 2.75) is 13.3 Å². The van der Waals surface area contributed by atoms with Gasteiger partial charge in [-0.2, -0.15) is 0 Å². The maximum Gasteiger partial charge on any atom is 0.258 e. The van der Waals surface area contributed by atoms with E-state index in [1.54, 1.807) is 30.1 Å². The second kappa shape index (κ2) is 8.72. The molecule has 0 saturated heterocycles. The van der Waals surface area contributed by atoms with Gasteiger partial charge in [0.05, 0.1) is 6.54 Å². The molecule has 5 nitrogen and oxygen atoms in total. The summed E-state index contributed by atoms with van der Waals surface area (Å²) in [6.07, 6.45) is 0.904. The Bertz CT molecular complexity index is 686. The monoisotopic (exact) mass is 325 g/mol. The predicted octanol–water partition coefficient (Wildman–Crippen LogP) is 2.90. The number of amides is 2. The first-order valence-corrected chi connectivity index (χ1v) is 8.05. The molecule has 0 spiro atoms. The fourth-order valence-corrected chi connectivity index (χ4v) is 2.23. The lowest BCUT2D eigenvalue weighted by Crippen LogP contribution is -2.30. The third kappa shape index (κ3) is 4.84. The van der Waals surface area contributed by atoms with Gasteiger partial charge in [0.25, 0.3) is 5.91 Å². The van der Waals surface area contributed by atoms with Gasteiger partial charge >= 0.3 is 0 Å². The number of rotatable bonds is 7. The van der Waals surface area contributed by atoms with Gasteiger partial charge in [-0.15, -0.1) is 0 Å². The predicted molar refractivity (Wildman–Crippen MR) is 97.4 cm³/mol. The number of carbonyl (C=O) groups excluding carboxylic acids is 2. The van der Waals surface area contributed by atoms with Crippen molar-refractivity contribution < 1.29 is 9.59 Å². The molecule has 0 aliphatic rings. The molecule has 0 atom stereocenters. The summed E-state index contributed by atoms with van der Waals surface area (Å²) < 4.78 is 0. The second-order valence-corrected chi connectivity index (χ2v) is 5.48. The smallest absolute Gasteiger partial charge is 0.258 e. The van der Waals surface area contributed by atoms with Crippen LogP contribution in [-0.2, 0) is 4.79 Å². The van der Waals surface area contributed by atoms with Crippen LogP contribution in [-0.4, -0.2) is 32.0 Å². The van der Waals surface area contributed by atoms with Crippen LogP contribution in [0.25, 0.3) is 0 Å². The van der Waals surface area contributed by atoms with Gasteiger partial charge in [-0.25, -0.2) is 0 Å². The largest absolute Gasteiger partial charge is 0.376 e. The molecule has 0 aromatic heterocycles. The molecule has 2 rings (SSSR count). The van der Waals surface area contributed by atoms with Crippen LogP contribution >= 0.6 is 0 Å². The summed E-state index contributed by atoms with van der Waals surface area (Å²) >= 11 is 0. The number of carbonyl (C=O) groups is 2. The van der Waals surface area contributed by atoms with Gasteiger partial charge in [0.1, 0.15) is 0 Å². The van der Waals surface area contributed by atoms with Gasteiger partial charge in [-0.1, -0.05) is 31.2 Å². The molecular formula is C19H23N3O2. The molecule has 2 aromatic carbocycles. The third-order valence-electron chi connectivity index (χ3n) is 3.58. The molecule has 0 aliphatic carbocycles. The van der Waals surface area contributed by atoms with Crippen LogP contribution in [0.15, 0.2) is 54.6 Å². The van der Waals surface area contributed by atoms with Crippen molar-refractivity contribution in [1.29, 1.82) is 0 Å². The number of hydrogen-bond acceptors (Lipinski definition) is 3. The van der Waals surface area contributed by atoms with E-state index in [0.29, 0.717) is 12.1 Å². The normalized spacial score (nSPS) is 10.1. The minimum absolute atomic E-state index is 0.0602. The number of benzene rings is 2. The van der Waals surface area contributed by atoms with Gasteiger partial charge in [-0.05, 0) is 36.8 Å². The van der Waals surface area contributed by atoms with Crippen molar-refractivity contribution in [3.8, 4) is 0 Å². The molecule has 0 heterocycles. The Morgan fingerprint density at radius 1 is 1.04 bits per heavy atom. The van der Waals surface area contributed by atoms with Crippen molar-refractivity contribution in [2.24, 2.45) is 0 Å². The Hall–Kier alpha value is -2.82. The van der Waals surface area contributed by atoms with E-state index in [4.69, 9.17) is 0 Å². The lowest BCUT2D eigenvalue weighted by atomic mass is 10.1. The van der Waals surface area contributed by atoms with Crippen LogP contribution in [0.4, 0.5) is 11.4 Å². The first-order valence-electron chi connectivity index (χ1n) is 8.05. The summed E-state index contributed by atoms with van der Waals surface area (Å²) in [6.45, 7) is 2.86. The molecule has 2 aromatic rings. The molecule has 2 N–H and O–H groups in total. The molecule has 0 bridgehead atoms. The van der Waals surface area contributed by atoms with Crippen LogP contribution in [0.2, 0.25) is 0 Å². The zero-order valence-electron chi connectivity index (χ0n) is 14.1. The van der Waals surface area contributed by atoms with Gasteiger partial charge in [-0.3, -0.25) is 9.59 Å². The minimum atomic E-state index is -0.0970. The number of nitrogens with zero attached hydrogens (tertiary/aromatic N) is 1. The molecule has 24 heavy (non-hydrogen) atoms. The van der Waals surface area contributed by atoms with Gasteiger partial charge in [0.15, 0.2) is 0 Å². The van der Waals surface area contributed by atoms with Crippen LogP contribution < -0.4 is 15.5 Å². The summed E-state index contributed by atoms with van der Waals surface area (Å²) in [4.78, 5) is 25.8. The quantitative estimate of drug-likeness (QED) is 0.823. The molecule has 5 heteroatoms. The van der Waals surface area contributed by atoms with E-state index in [1.807, 2.05) is 43.3 Å². The lowest BCUT2D eigenvalue weighted by molar-refractivity contribution is -0.119. The summed E-state index contributed by atoms with van der Waals surface area (Å²) in [5, 5.41) is 5.85. The van der Waals surface area contributed by atoms with Crippen LogP contribution in [0.5, 0.6) is 0 Å². The van der Waals surface area contributed by atoms with Crippen LogP contribution in [0, 0.1) is 0 Å². The van der Waals surface area contributed by atoms with Crippen LogP contribution in [0.3, 0.4) is 0 Å². The topological polar surface area (TPSA) is 61.4 Å². The van der Waals surface area contributed by atoms with E-state index in [-0.39, 0.29) is 18.4 Å². The SMILES string of the molecule is CCCNC(=O)CNc1cccc(C(=O)N(C)c2ccccc2)c1.